The molecule has 0 radical (unpaired) electrons. The number of nitrogens with zero attached hydrogens (tertiary/aromatic N) is 3. The third kappa shape index (κ3) is 5.89. The van der Waals surface area contributed by atoms with Crippen molar-refractivity contribution in [1.29, 1.82) is 0 Å². The Morgan fingerprint density at radius 1 is 0.900 bits per heavy atom. The third-order valence-electron chi connectivity index (χ3n) is 9.79. The predicted octanol–water partition coefficient (Wildman–Crippen LogP) is -1.14. The molecule has 0 spiro atoms. The lowest BCUT2D eigenvalue weighted by Crippen LogP contribution is -2.56. The predicted molar refractivity (Wildman–Crippen MR) is 141 cm³/mol. The van der Waals surface area contributed by atoms with Gasteiger partial charge in [0.1, 0.15) is 18.3 Å². The van der Waals surface area contributed by atoms with E-state index >= 15 is 0 Å². The van der Waals surface area contributed by atoms with E-state index in [1.807, 2.05) is 4.90 Å². The molecule has 12 nitrogen and oxygen atoms in total. The van der Waals surface area contributed by atoms with Crippen molar-refractivity contribution in [2.75, 3.05) is 52.5 Å². The summed E-state index contributed by atoms with van der Waals surface area (Å²) in [6, 6.07) is -0.142. The first kappa shape index (κ1) is 28.3. The molecule has 3 N–H and O–H groups in total. The lowest BCUT2D eigenvalue weighted by molar-refractivity contribution is -0.150. The van der Waals surface area contributed by atoms with Gasteiger partial charge in [-0.2, -0.15) is 0 Å². The van der Waals surface area contributed by atoms with Gasteiger partial charge in [-0.25, -0.2) is 0 Å². The molecule has 1 saturated carbocycles. The van der Waals surface area contributed by atoms with E-state index in [-0.39, 0.29) is 61.3 Å². The van der Waals surface area contributed by atoms with Gasteiger partial charge in [-0.1, -0.05) is 12.8 Å². The third-order valence-corrected chi connectivity index (χ3v) is 9.79. The summed E-state index contributed by atoms with van der Waals surface area (Å²) in [7, 11) is 0. The molecule has 0 aromatic heterocycles. The minimum Gasteiger partial charge on any atom is -0.388 e. The molecule has 0 unspecified atom stereocenters. The van der Waals surface area contributed by atoms with Crippen molar-refractivity contribution in [3.05, 3.63) is 0 Å². The maximum atomic E-state index is 14.0. The Bertz CT molecular complexity index is 941. The van der Waals surface area contributed by atoms with Gasteiger partial charge in [-0.15, -0.1) is 0 Å². The monoisotopic (exact) mass is 564 g/mol. The maximum Gasteiger partial charge on any atom is 0.240 e. The highest BCUT2D eigenvalue weighted by atomic mass is 16.5. The fourth-order valence-corrected chi connectivity index (χ4v) is 7.62. The molecule has 0 aromatic rings. The first-order valence-corrected chi connectivity index (χ1v) is 15.2. The molecule has 3 amide bonds. The molecular formula is C28H44N4O8. The van der Waals surface area contributed by atoms with Gasteiger partial charge in [0.25, 0.3) is 0 Å². The number of carbonyl (C=O) groups is 3. The first-order valence-electron chi connectivity index (χ1n) is 15.2. The molecule has 1 aliphatic carbocycles. The standard InChI is InChI=1S/C28H44N4O8/c33-24-12-22-25(34)26(35)23(40-22)16-31(27(36)17-5-8-38-9-6-17)15-20-14-30(7-10-39-20)28(37)21-11-18(29-24)13-32(21)19-3-1-2-4-19/h17-23,25-26,34-35H,1-16H2,(H,29,33)/t18-,20-,21-,22-,23+,25-,26+/m0/s1. The smallest absolute Gasteiger partial charge is 0.240 e. The highest BCUT2D eigenvalue weighted by molar-refractivity contribution is 5.83. The van der Waals surface area contributed by atoms with Crippen molar-refractivity contribution in [2.45, 2.75) is 100 Å². The van der Waals surface area contributed by atoms with Crippen LogP contribution in [-0.4, -0.2) is 144 Å². The highest BCUT2D eigenvalue weighted by Gasteiger charge is 2.47. The second-order valence-electron chi connectivity index (χ2n) is 12.5. The normalized spacial score (nSPS) is 39.1. The summed E-state index contributed by atoms with van der Waals surface area (Å²) < 4.78 is 17.6. The van der Waals surface area contributed by atoms with E-state index in [0.717, 1.165) is 25.7 Å². The van der Waals surface area contributed by atoms with Gasteiger partial charge in [0.05, 0.1) is 31.3 Å². The van der Waals surface area contributed by atoms with Crippen LogP contribution in [0.3, 0.4) is 0 Å². The number of fused-ring (bicyclic) bond motifs is 6. The summed E-state index contributed by atoms with van der Waals surface area (Å²) in [6.45, 7) is 3.24. The van der Waals surface area contributed by atoms with Gasteiger partial charge in [0, 0.05) is 63.9 Å². The number of likely N-dealkylation sites (tertiary alicyclic amines) is 1. The molecule has 224 valence electrons. The molecule has 6 aliphatic rings. The number of aliphatic hydroxyl groups is 2. The van der Waals surface area contributed by atoms with E-state index in [9.17, 15) is 24.6 Å². The van der Waals surface area contributed by atoms with Gasteiger partial charge < -0.3 is 39.5 Å². The molecule has 6 bridgehead atoms. The Balaban J connectivity index is 1.26. The zero-order valence-electron chi connectivity index (χ0n) is 23.2. The fraction of sp³-hybridized carbons (Fsp3) is 0.893. The number of morpholine rings is 1. The second-order valence-corrected chi connectivity index (χ2v) is 12.5. The van der Waals surface area contributed by atoms with Crippen LogP contribution >= 0.6 is 0 Å². The van der Waals surface area contributed by atoms with Gasteiger partial charge >= 0.3 is 0 Å². The van der Waals surface area contributed by atoms with Crippen LogP contribution in [0.15, 0.2) is 0 Å². The van der Waals surface area contributed by atoms with Gasteiger partial charge in [0.15, 0.2) is 0 Å². The van der Waals surface area contributed by atoms with Crippen LogP contribution in [0.4, 0.5) is 0 Å². The van der Waals surface area contributed by atoms with Crippen LogP contribution in [0.5, 0.6) is 0 Å². The topological polar surface area (TPSA) is 141 Å². The Hall–Kier alpha value is -1.83. The number of ether oxygens (including phenoxy) is 3. The number of hydrogen-bond donors (Lipinski definition) is 3. The minimum atomic E-state index is -1.24. The van der Waals surface area contributed by atoms with Crippen LogP contribution in [0, 0.1) is 5.92 Å². The van der Waals surface area contributed by atoms with Crippen molar-refractivity contribution >= 4 is 17.7 Å². The zero-order valence-corrected chi connectivity index (χ0v) is 23.2. The molecule has 6 fully saturated rings. The molecule has 6 rings (SSSR count). The van der Waals surface area contributed by atoms with Crippen molar-refractivity contribution < 1.29 is 38.8 Å². The van der Waals surface area contributed by atoms with E-state index in [1.54, 1.807) is 4.90 Å². The maximum absolute atomic E-state index is 14.0. The van der Waals surface area contributed by atoms with Crippen LogP contribution < -0.4 is 5.32 Å². The number of aliphatic hydroxyl groups excluding tert-OH is 2. The summed E-state index contributed by atoms with van der Waals surface area (Å²) in [5.74, 6) is -0.467. The summed E-state index contributed by atoms with van der Waals surface area (Å²) in [5, 5.41) is 24.7. The number of rotatable bonds is 2. The molecule has 7 atom stereocenters. The Labute approximate surface area is 235 Å². The van der Waals surface area contributed by atoms with E-state index < -0.39 is 24.4 Å². The van der Waals surface area contributed by atoms with Crippen LogP contribution in [0.25, 0.3) is 0 Å². The van der Waals surface area contributed by atoms with Crippen LogP contribution in [-0.2, 0) is 28.6 Å². The van der Waals surface area contributed by atoms with Crippen molar-refractivity contribution in [2.24, 2.45) is 5.92 Å². The van der Waals surface area contributed by atoms with E-state index in [2.05, 4.69) is 10.2 Å². The molecular weight excluding hydrogens is 520 g/mol. The SMILES string of the molecule is O=C1C[C@@H]2O[C@H](CN(C(=O)C3CCOCC3)C[C@@H]3CN(CCO3)C(=O)[C@@H]3C[C@@H](CN3C3CCCC3)N1)[C@@H](O)[C@H]2O. The number of hydrogen-bond acceptors (Lipinski definition) is 9. The average molecular weight is 565 g/mol. The average Bonchev–Trinajstić information content (AvgIpc) is 3.70. The molecule has 5 saturated heterocycles. The Morgan fingerprint density at radius 3 is 2.42 bits per heavy atom. The summed E-state index contributed by atoms with van der Waals surface area (Å²) in [4.78, 5) is 46.6. The number of carbonyl (C=O) groups excluding carboxylic acids is 3. The molecule has 0 aromatic carbocycles. The molecule has 5 heterocycles. The van der Waals surface area contributed by atoms with Crippen LogP contribution in [0.2, 0.25) is 0 Å². The summed E-state index contributed by atoms with van der Waals surface area (Å²) in [6.07, 6.45) is 1.54. The zero-order chi connectivity index (χ0) is 27.8. The lowest BCUT2D eigenvalue weighted by Gasteiger charge is -2.40. The largest absolute Gasteiger partial charge is 0.388 e. The van der Waals surface area contributed by atoms with Gasteiger partial charge in [0.2, 0.25) is 17.7 Å². The quantitative estimate of drug-likeness (QED) is 0.380. The van der Waals surface area contributed by atoms with E-state index in [4.69, 9.17) is 14.2 Å². The van der Waals surface area contributed by atoms with Gasteiger partial charge in [-0.3, -0.25) is 19.3 Å². The summed E-state index contributed by atoms with van der Waals surface area (Å²) >= 11 is 0. The lowest BCUT2D eigenvalue weighted by atomic mass is 9.97. The highest BCUT2D eigenvalue weighted by Crippen LogP contribution is 2.32. The first-order chi connectivity index (χ1) is 19.4. The molecule has 40 heavy (non-hydrogen) atoms. The second kappa shape index (κ2) is 12.2. The number of amides is 3. The van der Waals surface area contributed by atoms with E-state index in [0.29, 0.717) is 64.8 Å². The fourth-order valence-electron chi connectivity index (χ4n) is 7.62. The molecule has 12 heteroatoms. The molecule has 5 aliphatic heterocycles. The Morgan fingerprint density at radius 2 is 1.65 bits per heavy atom. The van der Waals surface area contributed by atoms with Gasteiger partial charge in [-0.05, 0) is 32.1 Å². The van der Waals surface area contributed by atoms with Crippen molar-refractivity contribution in [1.82, 2.24) is 20.0 Å². The summed E-state index contributed by atoms with van der Waals surface area (Å²) in [5.41, 5.74) is 0. The number of nitrogens with one attached hydrogen (secondary N) is 1. The Kier molecular flexibility index (Phi) is 8.62. The minimum absolute atomic E-state index is 0.0611. The van der Waals surface area contributed by atoms with Crippen molar-refractivity contribution in [3.63, 3.8) is 0 Å². The van der Waals surface area contributed by atoms with Crippen molar-refractivity contribution in [3.8, 4) is 0 Å². The van der Waals surface area contributed by atoms with E-state index in [1.165, 1.54) is 0 Å². The van der Waals surface area contributed by atoms with Crippen LogP contribution in [0.1, 0.15) is 51.4 Å².